The summed E-state index contributed by atoms with van der Waals surface area (Å²) in [6, 6.07) is 8.68. The maximum Gasteiger partial charge on any atom is 0.258 e. The van der Waals surface area contributed by atoms with Gasteiger partial charge in [0.15, 0.2) is 5.82 Å². The van der Waals surface area contributed by atoms with Crippen molar-refractivity contribution in [2.75, 3.05) is 17.6 Å². The highest BCUT2D eigenvalue weighted by atomic mass is 32.2. The number of benzene rings is 1. The topological polar surface area (TPSA) is 121 Å². The van der Waals surface area contributed by atoms with E-state index in [1.165, 1.54) is 11.8 Å². The lowest BCUT2D eigenvalue weighted by Crippen LogP contribution is -2.34. The first-order valence-corrected chi connectivity index (χ1v) is 10.5. The van der Waals surface area contributed by atoms with Crippen LogP contribution in [-0.4, -0.2) is 49.4 Å². The number of amides is 2. The Morgan fingerprint density at radius 1 is 1.33 bits per heavy atom. The number of para-hydroxylation sites is 1. The maximum atomic E-state index is 12.6. The second-order valence-corrected chi connectivity index (χ2v) is 8.03. The molecule has 0 aliphatic heterocycles. The van der Waals surface area contributed by atoms with Gasteiger partial charge in [-0.1, -0.05) is 17.3 Å². The number of nitrogens with zero attached hydrogens (tertiary/aromatic N) is 3. The third kappa shape index (κ3) is 5.26. The molecule has 0 radical (unpaired) electrons. The number of anilines is 1. The Kier molecular flexibility index (Phi) is 6.88. The normalized spacial score (nSPS) is 12.0. The quantitative estimate of drug-likeness (QED) is 0.564. The van der Waals surface area contributed by atoms with E-state index >= 15 is 0 Å². The molecule has 2 N–H and O–H groups in total. The predicted molar refractivity (Wildman–Crippen MR) is 115 cm³/mol. The first kappa shape index (κ1) is 21.6. The molecule has 10 heteroatoms. The molecule has 3 rings (SSSR count). The van der Waals surface area contributed by atoms with Crippen LogP contribution in [0.1, 0.15) is 25.4 Å². The molecule has 30 heavy (non-hydrogen) atoms. The fourth-order valence-corrected chi connectivity index (χ4v) is 3.57. The molecule has 3 aromatic rings. The van der Waals surface area contributed by atoms with Crippen LogP contribution in [0.15, 0.2) is 39.6 Å². The van der Waals surface area contributed by atoms with E-state index in [1.54, 1.807) is 43.0 Å². The van der Waals surface area contributed by atoms with Gasteiger partial charge >= 0.3 is 0 Å². The third-order valence-corrected chi connectivity index (χ3v) is 5.57. The summed E-state index contributed by atoms with van der Waals surface area (Å²) in [6.45, 7) is 5.95. The Balaban J connectivity index is 1.58. The number of H-pyrrole nitrogens is 1. The molecular formula is C20H23N5O4S. The van der Waals surface area contributed by atoms with Crippen molar-refractivity contribution in [2.45, 2.75) is 32.6 Å². The molecule has 0 aliphatic carbocycles. The summed E-state index contributed by atoms with van der Waals surface area (Å²) in [5.74, 6) is 1.08. The lowest BCUT2D eigenvalue weighted by atomic mass is 10.2. The van der Waals surface area contributed by atoms with Crippen LogP contribution in [0.2, 0.25) is 0 Å². The number of rotatable bonds is 8. The number of hydrogen-bond acceptors (Lipinski definition) is 7. The highest BCUT2D eigenvalue weighted by Gasteiger charge is 2.20. The first-order chi connectivity index (χ1) is 14.4. The van der Waals surface area contributed by atoms with Gasteiger partial charge in [0.25, 0.3) is 5.56 Å². The van der Waals surface area contributed by atoms with Crippen LogP contribution in [-0.2, 0) is 16.1 Å². The SMILES string of the molecule is CCN(Cc1nc2ccccc2c(=O)[nH]1)C(=O)CS[C@H](C)C(=O)Nc1cc(C)on1. The van der Waals surface area contributed by atoms with Crippen LogP contribution < -0.4 is 10.9 Å². The molecule has 0 spiro atoms. The number of aryl methyl sites for hydroxylation is 1. The van der Waals surface area contributed by atoms with E-state index in [2.05, 4.69) is 20.4 Å². The molecule has 2 amide bonds. The van der Waals surface area contributed by atoms with Gasteiger partial charge < -0.3 is 19.7 Å². The Bertz CT molecular complexity index is 1110. The Morgan fingerprint density at radius 3 is 2.80 bits per heavy atom. The summed E-state index contributed by atoms with van der Waals surface area (Å²) in [4.78, 5) is 45.9. The zero-order valence-electron chi connectivity index (χ0n) is 17.0. The average Bonchev–Trinajstić information content (AvgIpc) is 3.14. The van der Waals surface area contributed by atoms with Gasteiger partial charge in [0.05, 0.1) is 28.5 Å². The summed E-state index contributed by atoms with van der Waals surface area (Å²) in [5.41, 5.74) is 0.351. The smallest absolute Gasteiger partial charge is 0.258 e. The number of aromatic nitrogens is 3. The molecule has 158 valence electrons. The molecule has 0 bridgehead atoms. The second kappa shape index (κ2) is 9.57. The van der Waals surface area contributed by atoms with Gasteiger partial charge in [-0.2, -0.15) is 0 Å². The number of carbonyl (C=O) groups is 2. The van der Waals surface area contributed by atoms with Crippen molar-refractivity contribution in [1.29, 1.82) is 0 Å². The lowest BCUT2D eigenvalue weighted by Gasteiger charge is -2.21. The molecule has 0 saturated heterocycles. The van der Waals surface area contributed by atoms with Gasteiger partial charge in [0.2, 0.25) is 11.8 Å². The summed E-state index contributed by atoms with van der Waals surface area (Å²) in [7, 11) is 0. The molecule has 2 aromatic heterocycles. The van der Waals surface area contributed by atoms with Crippen molar-refractivity contribution in [3.05, 3.63) is 52.3 Å². The zero-order valence-corrected chi connectivity index (χ0v) is 17.8. The monoisotopic (exact) mass is 429 g/mol. The van der Waals surface area contributed by atoms with Crippen molar-refractivity contribution >= 4 is 40.3 Å². The fraction of sp³-hybridized carbons (Fsp3) is 0.350. The van der Waals surface area contributed by atoms with Crippen LogP contribution in [0.3, 0.4) is 0 Å². The van der Waals surface area contributed by atoms with Gasteiger partial charge in [0, 0.05) is 12.6 Å². The molecule has 0 unspecified atom stereocenters. The van der Waals surface area contributed by atoms with Crippen LogP contribution in [0, 0.1) is 6.92 Å². The summed E-state index contributed by atoms with van der Waals surface area (Å²) in [6.07, 6.45) is 0. The molecule has 0 aliphatic rings. The van der Waals surface area contributed by atoms with Gasteiger partial charge in [-0.3, -0.25) is 14.4 Å². The number of aromatic amines is 1. The van der Waals surface area contributed by atoms with E-state index in [0.717, 1.165) is 0 Å². The predicted octanol–water partition coefficient (Wildman–Crippen LogP) is 2.33. The third-order valence-electron chi connectivity index (χ3n) is 4.44. The van der Waals surface area contributed by atoms with Gasteiger partial charge in [-0.05, 0) is 32.9 Å². The Hall–Kier alpha value is -3.14. The molecule has 9 nitrogen and oxygen atoms in total. The molecule has 1 aromatic carbocycles. The van der Waals surface area contributed by atoms with Crippen LogP contribution in [0.5, 0.6) is 0 Å². The Labute approximate surface area is 177 Å². The van der Waals surface area contributed by atoms with E-state index in [1.807, 2.05) is 13.0 Å². The highest BCUT2D eigenvalue weighted by Crippen LogP contribution is 2.16. The van der Waals surface area contributed by atoms with Gasteiger partial charge in [-0.15, -0.1) is 11.8 Å². The van der Waals surface area contributed by atoms with Crippen LogP contribution in [0.25, 0.3) is 10.9 Å². The first-order valence-electron chi connectivity index (χ1n) is 9.49. The van der Waals surface area contributed by atoms with E-state index in [9.17, 15) is 14.4 Å². The molecule has 0 saturated carbocycles. The number of fused-ring (bicyclic) bond motifs is 1. The maximum absolute atomic E-state index is 12.6. The Morgan fingerprint density at radius 2 is 2.10 bits per heavy atom. The van der Waals surface area contributed by atoms with Gasteiger partial charge in [-0.25, -0.2) is 4.98 Å². The van der Waals surface area contributed by atoms with E-state index < -0.39 is 5.25 Å². The molecule has 0 fully saturated rings. The standard InChI is InChI=1S/C20H23N5O4S/c1-4-25(10-17-21-15-8-6-5-7-14(15)20(28)23-17)18(26)11-30-13(3)19(27)22-16-9-12(2)29-24-16/h5-9,13H,4,10-11H2,1-3H3,(H,21,23,28)(H,22,24,27)/t13-/m1/s1. The van der Waals surface area contributed by atoms with E-state index in [0.29, 0.717) is 34.9 Å². The minimum Gasteiger partial charge on any atom is -0.360 e. The minimum absolute atomic E-state index is 0.123. The lowest BCUT2D eigenvalue weighted by molar-refractivity contribution is -0.128. The van der Waals surface area contributed by atoms with Crippen molar-refractivity contribution in [3.63, 3.8) is 0 Å². The van der Waals surface area contributed by atoms with E-state index in [4.69, 9.17) is 4.52 Å². The second-order valence-electron chi connectivity index (χ2n) is 6.70. The average molecular weight is 430 g/mol. The summed E-state index contributed by atoms with van der Waals surface area (Å²) >= 11 is 1.22. The number of hydrogen-bond donors (Lipinski definition) is 2. The molecule has 1 atom stereocenters. The minimum atomic E-state index is -0.455. The summed E-state index contributed by atoms with van der Waals surface area (Å²) < 4.78 is 4.92. The van der Waals surface area contributed by atoms with Crippen LogP contribution >= 0.6 is 11.8 Å². The fourth-order valence-electron chi connectivity index (χ4n) is 2.78. The van der Waals surface area contributed by atoms with Crippen molar-refractivity contribution in [3.8, 4) is 0 Å². The van der Waals surface area contributed by atoms with E-state index in [-0.39, 0.29) is 29.7 Å². The number of carbonyl (C=O) groups excluding carboxylic acids is 2. The van der Waals surface area contributed by atoms with Crippen molar-refractivity contribution < 1.29 is 14.1 Å². The van der Waals surface area contributed by atoms with Gasteiger partial charge in [0.1, 0.15) is 11.6 Å². The largest absolute Gasteiger partial charge is 0.360 e. The highest BCUT2D eigenvalue weighted by molar-refractivity contribution is 8.01. The number of nitrogens with one attached hydrogen (secondary N) is 2. The van der Waals surface area contributed by atoms with Crippen molar-refractivity contribution in [1.82, 2.24) is 20.0 Å². The number of thioether (sulfide) groups is 1. The summed E-state index contributed by atoms with van der Waals surface area (Å²) in [5, 5.41) is 6.43. The van der Waals surface area contributed by atoms with Crippen LogP contribution in [0.4, 0.5) is 5.82 Å². The molecular weight excluding hydrogens is 406 g/mol. The zero-order chi connectivity index (χ0) is 21.7. The van der Waals surface area contributed by atoms with Crippen molar-refractivity contribution in [2.24, 2.45) is 0 Å². The molecule has 2 heterocycles.